The van der Waals surface area contributed by atoms with Gasteiger partial charge in [0, 0.05) is 11.6 Å². The standard InChI is InChI=1S/C12H13BrN2O2/c1-7-14-11(12(13)15-7)8-4-9(16-2)6-10(5-8)17-3/h4-6H,1-3H3,(H,14,15). The van der Waals surface area contributed by atoms with Gasteiger partial charge in [-0.05, 0) is 35.0 Å². The number of nitrogens with one attached hydrogen (secondary N) is 1. The number of aryl methyl sites for hydroxylation is 1. The lowest BCUT2D eigenvalue weighted by molar-refractivity contribution is 0.394. The summed E-state index contributed by atoms with van der Waals surface area (Å²) in [5.74, 6) is 2.34. The lowest BCUT2D eigenvalue weighted by Gasteiger charge is -2.07. The van der Waals surface area contributed by atoms with Gasteiger partial charge in [-0.2, -0.15) is 0 Å². The van der Waals surface area contributed by atoms with Crippen LogP contribution in [-0.2, 0) is 0 Å². The smallest absolute Gasteiger partial charge is 0.123 e. The molecule has 1 heterocycles. The molecule has 90 valence electrons. The average Bonchev–Trinajstić information content (AvgIpc) is 2.67. The van der Waals surface area contributed by atoms with Gasteiger partial charge in [-0.1, -0.05) is 0 Å². The van der Waals surface area contributed by atoms with E-state index < -0.39 is 0 Å². The van der Waals surface area contributed by atoms with Gasteiger partial charge in [-0.15, -0.1) is 0 Å². The van der Waals surface area contributed by atoms with E-state index in [1.165, 1.54) is 0 Å². The van der Waals surface area contributed by atoms with Crippen LogP contribution in [0.1, 0.15) is 5.82 Å². The molecule has 1 N–H and O–H groups in total. The number of ether oxygens (including phenoxy) is 2. The third-order valence-electron chi connectivity index (χ3n) is 2.40. The number of benzene rings is 1. The molecule has 0 saturated heterocycles. The minimum absolute atomic E-state index is 0.743. The number of aromatic amines is 1. The van der Waals surface area contributed by atoms with E-state index in [9.17, 15) is 0 Å². The molecule has 1 aromatic carbocycles. The van der Waals surface area contributed by atoms with Crippen molar-refractivity contribution in [2.24, 2.45) is 0 Å². The third-order valence-corrected chi connectivity index (χ3v) is 2.98. The van der Waals surface area contributed by atoms with Crippen LogP contribution in [-0.4, -0.2) is 24.2 Å². The van der Waals surface area contributed by atoms with Gasteiger partial charge in [0.1, 0.15) is 27.6 Å². The van der Waals surface area contributed by atoms with Gasteiger partial charge in [0.25, 0.3) is 0 Å². The molecule has 0 radical (unpaired) electrons. The first-order chi connectivity index (χ1) is 8.13. The number of aromatic nitrogens is 2. The van der Waals surface area contributed by atoms with Gasteiger partial charge in [0.15, 0.2) is 0 Å². The fraction of sp³-hybridized carbons (Fsp3) is 0.250. The summed E-state index contributed by atoms with van der Waals surface area (Å²) in [4.78, 5) is 7.52. The first-order valence-electron chi connectivity index (χ1n) is 5.09. The summed E-state index contributed by atoms with van der Waals surface area (Å²) in [5, 5.41) is 0. The van der Waals surface area contributed by atoms with Crippen molar-refractivity contribution in [2.75, 3.05) is 14.2 Å². The van der Waals surface area contributed by atoms with E-state index in [1.807, 2.05) is 25.1 Å². The van der Waals surface area contributed by atoms with Crippen LogP contribution in [0.4, 0.5) is 0 Å². The lowest BCUT2D eigenvalue weighted by Crippen LogP contribution is -1.89. The van der Waals surface area contributed by atoms with E-state index >= 15 is 0 Å². The van der Waals surface area contributed by atoms with E-state index in [2.05, 4.69) is 25.9 Å². The van der Waals surface area contributed by atoms with Crippen molar-refractivity contribution < 1.29 is 9.47 Å². The van der Waals surface area contributed by atoms with E-state index in [-0.39, 0.29) is 0 Å². The molecule has 4 nitrogen and oxygen atoms in total. The molecule has 0 aliphatic carbocycles. The van der Waals surface area contributed by atoms with Crippen LogP contribution < -0.4 is 9.47 Å². The van der Waals surface area contributed by atoms with Crippen LogP contribution in [0.15, 0.2) is 22.8 Å². The Morgan fingerprint density at radius 1 is 1.12 bits per heavy atom. The first kappa shape index (κ1) is 12.0. The highest BCUT2D eigenvalue weighted by atomic mass is 79.9. The van der Waals surface area contributed by atoms with Crippen LogP contribution in [0, 0.1) is 6.92 Å². The molecule has 2 rings (SSSR count). The van der Waals surface area contributed by atoms with Gasteiger partial charge in [-0.3, -0.25) is 0 Å². The highest BCUT2D eigenvalue weighted by Gasteiger charge is 2.11. The minimum Gasteiger partial charge on any atom is -0.497 e. The summed E-state index contributed by atoms with van der Waals surface area (Å²) >= 11 is 3.45. The normalized spacial score (nSPS) is 10.4. The molecule has 0 spiro atoms. The maximum atomic E-state index is 5.23. The Bertz CT molecular complexity index is 515. The summed E-state index contributed by atoms with van der Waals surface area (Å²) < 4.78 is 11.3. The molecule has 0 fully saturated rings. The average molecular weight is 297 g/mol. The second-order valence-corrected chi connectivity index (χ2v) is 4.38. The van der Waals surface area contributed by atoms with Gasteiger partial charge < -0.3 is 14.5 Å². The number of H-pyrrole nitrogens is 1. The van der Waals surface area contributed by atoms with Crippen molar-refractivity contribution in [2.45, 2.75) is 6.92 Å². The molecule has 0 aliphatic heterocycles. The summed E-state index contributed by atoms with van der Waals surface area (Å²) in [6.45, 7) is 1.91. The highest BCUT2D eigenvalue weighted by Crippen LogP contribution is 2.32. The number of nitrogens with zero attached hydrogens (tertiary/aromatic N) is 1. The maximum Gasteiger partial charge on any atom is 0.123 e. The third kappa shape index (κ3) is 2.44. The van der Waals surface area contributed by atoms with Crippen molar-refractivity contribution in [1.29, 1.82) is 0 Å². The quantitative estimate of drug-likeness (QED) is 0.946. The number of hydrogen-bond donors (Lipinski definition) is 1. The molecule has 0 amide bonds. The summed E-state index contributed by atoms with van der Waals surface area (Å²) in [5.41, 5.74) is 1.79. The molecule has 0 aliphatic rings. The number of imidazole rings is 1. The zero-order valence-electron chi connectivity index (χ0n) is 9.87. The predicted molar refractivity (Wildman–Crippen MR) is 69.6 cm³/mol. The van der Waals surface area contributed by atoms with E-state index in [0.29, 0.717) is 0 Å². The molecule has 0 unspecified atom stereocenters. The summed E-state index contributed by atoms with van der Waals surface area (Å²) in [7, 11) is 3.26. The summed E-state index contributed by atoms with van der Waals surface area (Å²) in [6, 6.07) is 5.67. The monoisotopic (exact) mass is 296 g/mol. The highest BCUT2D eigenvalue weighted by molar-refractivity contribution is 9.10. The molecule has 0 atom stereocenters. The van der Waals surface area contributed by atoms with E-state index in [0.717, 1.165) is 33.2 Å². The van der Waals surface area contributed by atoms with Crippen LogP contribution >= 0.6 is 15.9 Å². The predicted octanol–water partition coefficient (Wildman–Crippen LogP) is 3.16. The Hall–Kier alpha value is -1.49. The van der Waals surface area contributed by atoms with Gasteiger partial charge in [-0.25, -0.2) is 4.98 Å². The Balaban J connectivity index is 2.54. The van der Waals surface area contributed by atoms with Crippen LogP contribution in [0.3, 0.4) is 0 Å². The van der Waals surface area contributed by atoms with Gasteiger partial charge in [0.05, 0.1) is 14.2 Å². The number of rotatable bonds is 3. The van der Waals surface area contributed by atoms with Crippen molar-refractivity contribution in [3.8, 4) is 22.8 Å². The van der Waals surface area contributed by atoms with Crippen molar-refractivity contribution in [3.05, 3.63) is 28.6 Å². The zero-order chi connectivity index (χ0) is 12.4. The Kier molecular flexibility index (Phi) is 3.38. The zero-order valence-corrected chi connectivity index (χ0v) is 11.5. The lowest BCUT2D eigenvalue weighted by atomic mass is 10.1. The topological polar surface area (TPSA) is 47.1 Å². The van der Waals surface area contributed by atoms with Crippen LogP contribution in [0.5, 0.6) is 11.5 Å². The number of hydrogen-bond acceptors (Lipinski definition) is 3. The Labute approximate surface area is 108 Å². The summed E-state index contributed by atoms with van der Waals surface area (Å²) in [6.07, 6.45) is 0. The van der Waals surface area contributed by atoms with Crippen molar-refractivity contribution in [1.82, 2.24) is 9.97 Å². The van der Waals surface area contributed by atoms with E-state index in [1.54, 1.807) is 14.2 Å². The minimum atomic E-state index is 0.743. The van der Waals surface area contributed by atoms with Crippen molar-refractivity contribution in [3.63, 3.8) is 0 Å². The van der Waals surface area contributed by atoms with Gasteiger partial charge in [0.2, 0.25) is 0 Å². The molecule has 0 saturated carbocycles. The molecule has 5 heteroatoms. The largest absolute Gasteiger partial charge is 0.497 e. The number of halogens is 1. The van der Waals surface area contributed by atoms with E-state index in [4.69, 9.17) is 9.47 Å². The van der Waals surface area contributed by atoms with Crippen LogP contribution in [0.25, 0.3) is 11.3 Å². The fourth-order valence-corrected chi connectivity index (χ4v) is 2.20. The van der Waals surface area contributed by atoms with Gasteiger partial charge >= 0.3 is 0 Å². The molecule has 17 heavy (non-hydrogen) atoms. The molecule has 0 bridgehead atoms. The van der Waals surface area contributed by atoms with Crippen LogP contribution in [0.2, 0.25) is 0 Å². The van der Waals surface area contributed by atoms with Crippen molar-refractivity contribution >= 4 is 15.9 Å². The molecular weight excluding hydrogens is 284 g/mol. The fourth-order valence-electron chi connectivity index (χ4n) is 1.60. The number of methoxy groups -OCH3 is 2. The SMILES string of the molecule is COc1cc(OC)cc(-c2nc(C)[nH]c2Br)c1. The second kappa shape index (κ2) is 4.79. The first-order valence-corrected chi connectivity index (χ1v) is 5.89. The molecular formula is C12H13BrN2O2. The molecule has 2 aromatic rings. The Morgan fingerprint density at radius 3 is 2.12 bits per heavy atom. The Morgan fingerprint density at radius 2 is 1.71 bits per heavy atom. The second-order valence-electron chi connectivity index (χ2n) is 3.59. The maximum absolute atomic E-state index is 5.23. The molecule has 1 aromatic heterocycles.